The van der Waals surface area contributed by atoms with Crippen molar-refractivity contribution < 1.29 is 18.1 Å². The summed E-state index contributed by atoms with van der Waals surface area (Å²) in [6, 6.07) is 6.55. The lowest BCUT2D eigenvalue weighted by Gasteiger charge is -2.17. The molecule has 0 unspecified atom stereocenters. The van der Waals surface area contributed by atoms with Crippen LogP contribution >= 0.6 is 11.3 Å². The molecule has 1 heterocycles. The molecule has 1 aromatic heterocycles. The molecule has 0 saturated carbocycles. The fourth-order valence-corrected chi connectivity index (χ4v) is 4.29. The zero-order valence-electron chi connectivity index (χ0n) is 14.8. The third-order valence-electron chi connectivity index (χ3n) is 3.84. The molecule has 0 fully saturated rings. The van der Waals surface area contributed by atoms with Crippen molar-refractivity contribution in [3.05, 3.63) is 45.5 Å². The number of rotatable bonds is 6. The van der Waals surface area contributed by atoms with Gasteiger partial charge in [0.2, 0.25) is 5.91 Å². The number of amides is 1. The van der Waals surface area contributed by atoms with Gasteiger partial charge in [0.25, 0.3) is 0 Å². The van der Waals surface area contributed by atoms with E-state index in [0.29, 0.717) is 5.69 Å². The van der Waals surface area contributed by atoms with E-state index in [4.69, 9.17) is 0 Å². The summed E-state index contributed by atoms with van der Waals surface area (Å²) in [6.45, 7) is 3.66. The minimum Gasteiger partial charge on any atom is -0.352 e. The lowest BCUT2D eigenvalue weighted by atomic mass is 10.1. The summed E-state index contributed by atoms with van der Waals surface area (Å²) in [5.41, 5.74) is 2.30. The Balaban J connectivity index is 2.22. The fraction of sp³-hybridized carbons (Fsp3) is 0.312. The highest BCUT2D eigenvalue weighted by Crippen LogP contribution is 2.39. The summed E-state index contributed by atoms with van der Waals surface area (Å²) in [6.07, 6.45) is 0.986. The molecule has 0 radical (unpaired) electrons. The van der Waals surface area contributed by atoms with E-state index in [1.54, 1.807) is 6.07 Å². The van der Waals surface area contributed by atoms with Crippen molar-refractivity contribution >= 4 is 43.5 Å². The molecule has 10 heteroatoms. The first-order valence-corrected chi connectivity index (χ1v) is 10.3. The maximum Gasteiger partial charge on any atom is 0.305 e. The number of sulfone groups is 1. The summed E-state index contributed by atoms with van der Waals surface area (Å²) in [4.78, 5) is 24.2. The number of nitrogens with one attached hydrogen (secondary N) is 1. The van der Waals surface area contributed by atoms with Crippen LogP contribution in [-0.2, 0) is 14.6 Å². The Morgan fingerprint density at radius 2 is 2.00 bits per heavy atom. The Morgan fingerprint density at radius 1 is 1.35 bits per heavy atom. The summed E-state index contributed by atoms with van der Waals surface area (Å²) >= 11 is 0.773. The molecule has 0 saturated heterocycles. The van der Waals surface area contributed by atoms with Crippen LogP contribution in [0.25, 0.3) is 0 Å². The Morgan fingerprint density at radius 3 is 2.58 bits per heavy atom. The summed E-state index contributed by atoms with van der Waals surface area (Å²) in [5.74, 6) is -0.357. The van der Waals surface area contributed by atoms with E-state index in [-0.39, 0.29) is 27.3 Å². The molecule has 8 nitrogen and oxygen atoms in total. The Hall–Kier alpha value is -2.46. The van der Waals surface area contributed by atoms with Crippen LogP contribution in [0.5, 0.6) is 0 Å². The number of aryl methyl sites for hydroxylation is 1. The van der Waals surface area contributed by atoms with Gasteiger partial charge in [0, 0.05) is 25.1 Å². The molecule has 2 aromatic rings. The molecule has 26 heavy (non-hydrogen) atoms. The molecule has 0 spiro atoms. The van der Waals surface area contributed by atoms with Gasteiger partial charge in [0.1, 0.15) is 4.21 Å². The van der Waals surface area contributed by atoms with Crippen LogP contribution in [0, 0.1) is 24.0 Å². The third-order valence-corrected chi connectivity index (χ3v) is 6.88. The van der Waals surface area contributed by atoms with Gasteiger partial charge in [-0.1, -0.05) is 23.5 Å². The van der Waals surface area contributed by atoms with Crippen molar-refractivity contribution in [3.63, 3.8) is 0 Å². The molecule has 1 aromatic carbocycles. The van der Waals surface area contributed by atoms with Gasteiger partial charge in [-0.3, -0.25) is 14.9 Å². The van der Waals surface area contributed by atoms with Crippen LogP contribution < -0.4 is 10.2 Å². The van der Waals surface area contributed by atoms with E-state index in [1.165, 1.54) is 11.9 Å². The van der Waals surface area contributed by atoms with Crippen molar-refractivity contribution in [2.75, 3.05) is 30.1 Å². The van der Waals surface area contributed by atoms with E-state index < -0.39 is 14.8 Å². The van der Waals surface area contributed by atoms with Gasteiger partial charge in [0.05, 0.1) is 11.5 Å². The number of hydrogen-bond donors (Lipinski definition) is 1. The van der Waals surface area contributed by atoms with Gasteiger partial charge in [-0.15, -0.1) is 0 Å². The Kier molecular flexibility index (Phi) is 5.67. The molecule has 140 valence electrons. The standard InChI is InChI=1S/C16H19N3O5S2/c1-10-6-5-7-12(11(10)2)17-14(20)9-18(3)16-13(19(21)22)8-15(25-16)26(4,23)24/h5-8H,9H2,1-4H3,(H,17,20). The molecule has 1 amide bonds. The minimum absolute atomic E-state index is 0.110. The molecular weight excluding hydrogens is 378 g/mol. The first-order chi connectivity index (χ1) is 12.0. The third kappa shape index (κ3) is 4.38. The zero-order chi connectivity index (χ0) is 19.6. The Bertz CT molecular complexity index is 966. The van der Waals surface area contributed by atoms with Gasteiger partial charge >= 0.3 is 5.69 Å². The van der Waals surface area contributed by atoms with E-state index in [0.717, 1.165) is 34.8 Å². The van der Waals surface area contributed by atoms with Gasteiger partial charge in [-0.2, -0.15) is 0 Å². The van der Waals surface area contributed by atoms with Gasteiger partial charge in [-0.05, 0) is 31.0 Å². The molecule has 1 N–H and O–H groups in total. The minimum atomic E-state index is -3.57. The zero-order valence-corrected chi connectivity index (χ0v) is 16.4. The summed E-state index contributed by atoms with van der Waals surface area (Å²) in [5, 5.41) is 14.1. The monoisotopic (exact) mass is 397 g/mol. The maximum atomic E-state index is 12.3. The van der Waals surface area contributed by atoms with Crippen LogP contribution in [0.4, 0.5) is 16.4 Å². The maximum absolute atomic E-state index is 12.3. The average molecular weight is 397 g/mol. The normalized spacial score (nSPS) is 11.2. The predicted molar refractivity (Wildman–Crippen MR) is 102 cm³/mol. The van der Waals surface area contributed by atoms with Crippen molar-refractivity contribution in [2.24, 2.45) is 0 Å². The van der Waals surface area contributed by atoms with Crippen molar-refractivity contribution in [3.8, 4) is 0 Å². The number of hydrogen-bond acceptors (Lipinski definition) is 7. The first kappa shape index (κ1) is 19.9. The largest absolute Gasteiger partial charge is 0.352 e. The van der Waals surface area contributed by atoms with Crippen LogP contribution in [0.2, 0.25) is 0 Å². The van der Waals surface area contributed by atoms with Crippen LogP contribution in [0.3, 0.4) is 0 Å². The number of nitro groups is 1. The van der Waals surface area contributed by atoms with E-state index in [1.807, 2.05) is 26.0 Å². The number of anilines is 2. The topological polar surface area (TPSA) is 110 Å². The van der Waals surface area contributed by atoms with Gasteiger partial charge < -0.3 is 10.2 Å². The van der Waals surface area contributed by atoms with Crippen LogP contribution in [0.15, 0.2) is 28.5 Å². The smallest absolute Gasteiger partial charge is 0.305 e. The van der Waals surface area contributed by atoms with Crippen LogP contribution in [-0.4, -0.2) is 39.1 Å². The second kappa shape index (κ2) is 7.42. The molecule has 0 aliphatic carbocycles. The van der Waals surface area contributed by atoms with E-state index in [2.05, 4.69) is 5.32 Å². The lowest BCUT2D eigenvalue weighted by molar-refractivity contribution is -0.383. The average Bonchev–Trinajstić information content (AvgIpc) is 2.97. The second-order valence-electron chi connectivity index (χ2n) is 5.94. The summed E-state index contributed by atoms with van der Waals surface area (Å²) in [7, 11) is -2.06. The second-order valence-corrected chi connectivity index (χ2v) is 9.21. The van der Waals surface area contributed by atoms with Gasteiger partial charge in [-0.25, -0.2) is 8.42 Å². The quantitative estimate of drug-likeness (QED) is 0.593. The first-order valence-electron chi connectivity index (χ1n) is 7.56. The number of carbonyl (C=O) groups is 1. The molecule has 0 bridgehead atoms. The van der Waals surface area contributed by atoms with Crippen molar-refractivity contribution in [2.45, 2.75) is 18.1 Å². The highest BCUT2D eigenvalue weighted by molar-refractivity contribution is 7.92. The lowest BCUT2D eigenvalue weighted by Crippen LogP contribution is -2.30. The van der Waals surface area contributed by atoms with Crippen molar-refractivity contribution in [1.29, 1.82) is 0 Å². The number of likely N-dealkylation sites (N-methyl/N-ethyl adjacent to an activating group) is 1. The molecule has 0 aliphatic heterocycles. The molecule has 0 aliphatic rings. The highest BCUT2D eigenvalue weighted by Gasteiger charge is 2.27. The number of carbonyl (C=O) groups excluding carboxylic acids is 1. The number of nitrogens with zero attached hydrogens (tertiary/aromatic N) is 2. The molecule has 2 rings (SSSR count). The number of thiophene rings is 1. The van der Waals surface area contributed by atoms with Gasteiger partial charge in [0.15, 0.2) is 14.8 Å². The van der Waals surface area contributed by atoms with E-state index >= 15 is 0 Å². The number of benzene rings is 1. The highest BCUT2D eigenvalue weighted by atomic mass is 32.2. The SMILES string of the molecule is Cc1cccc(NC(=O)CN(C)c2sc(S(C)(=O)=O)cc2[N+](=O)[O-])c1C. The predicted octanol–water partition coefficient (Wildman–Crippen LogP) is 2.75. The molecular formula is C16H19N3O5S2. The van der Waals surface area contributed by atoms with E-state index in [9.17, 15) is 23.3 Å². The van der Waals surface area contributed by atoms with Crippen molar-refractivity contribution in [1.82, 2.24) is 0 Å². The summed E-state index contributed by atoms with van der Waals surface area (Å²) < 4.78 is 23.2. The molecule has 0 atom stereocenters. The van der Waals surface area contributed by atoms with Crippen LogP contribution in [0.1, 0.15) is 11.1 Å². The Labute approximate surface area is 155 Å². The fourth-order valence-electron chi connectivity index (χ4n) is 2.30.